The normalized spacial score (nSPS) is 21.6. The minimum absolute atomic E-state index is 0.0435. The molecule has 0 aromatic heterocycles. The van der Waals surface area contributed by atoms with Crippen molar-refractivity contribution in [3.63, 3.8) is 0 Å². The first-order valence-corrected chi connectivity index (χ1v) is 7.56. The predicted octanol–water partition coefficient (Wildman–Crippen LogP) is 2.96. The minimum atomic E-state index is -0.230. The number of carbonyl (C=O) groups is 1. The standard InChI is InChI=1S/C14H15BrClN3O/c1-9-6-13(14(20)18-5-4-17)19(8-9)10-2-3-12(16)11(15)7-10/h2-3,7,9,13H,5-6,8H2,1H3,(H,18,20)/t9-,13-/m0/s1. The molecule has 106 valence electrons. The van der Waals surface area contributed by atoms with E-state index in [9.17, 15) is 4.79 Å². The van der Waals surface area contributed by atoms with E-state index in [1.165, 1.54) is 0 Å². The number of carbonyl (C=O) groups excluding carboxylic acids is 1. The lowest BCUT2D eigenvalue weighted by atomic mass is 10.1. The van der Waals surface area contributed by atoms with Gasteiger partial charge in [0, 0.05) is 16.7 Å². The molecule has 1 fully saturated rings. The quantitative estimate of drug-likeness (QED) is 0.847. The number of nitriles is 1. The Morgan fingerprint density at radius 2 is 2.40 bits per heavy atom. The largest absolute Gasteiger partial charge is 0.359 e. The molecule has 1 aromatic carbocycles. The molecule has 2 atom stereocenters. The lowest BCUT2D eigenvalue weighted by molar-refractivity contribution is -0.122. The average Bonchev–Trinajstić information content (AvgIpc) is 2.81. The minimum Gasteiger partial charge on any atom is -0.359 e. The molecule has 20 heavy (non-hydrogen) atoms. The monoisotopic (exact) mass is 355 g/mol. The van der Waals surface area contributed by atoms with Gasteiger partial charge in [0.05, 0.1) is 11.1 Å². The molecule has 0 unspecified atom stereocenters. The van der Waals surface area contributed by atoms with Crippen LogP contribution in [0, 0.1) is 17.2 Å². The Balaban J connectivity index is 2.21. The maximum absolute atomic E-state index is 12.1. The molecule has 1 N–H and O–H groups in total. The predicted molar refractivity (Wildman–Crippen MR) is 82.7 cm³/mol. The van der Waals surface area contributed by atoms with Crippen molar-refractivity contribution in [2.45, 2.75) is 19.4 Å². The van der Waals surface area contributed by atoms with E-state index in [1.54, 1.807) is 0 Å². The second-order valence-electron chi connectivity index (χ2n) is 4.98. The maximum atomic E-state index is 12.1. The van der Waals surface area contributed by atoms with Crippen molar-refractivity contribution in [1.29, 1.82) is 5.26 Å². The van der Waals surface area contributed by atoms with Crippen LogP contribution in [0.1, 0.15) is 13.3 Å². The highest BCUT2D eigenvalue weighted by atomic mass is 79.9. The molecule has 2 rings (SSSR count). The topological polar surface area (TPSA) is 56.1 Å². The van der Waals surface area contributed by atoms with Gasteiger partial charge in [-0.05, 0) is 46.5 Å². The van der Waals surface area contributed by atoms with Gasteiger partial charge in [0.15, 0.2) is 0 Å². The fourth-order valence-electron chi connectivity index (χ4n) is 2.49. The fraction of sp³-hybridized carbons (Fsp3) is 0.429. The molecular formula is C14H15BrClN3O. The van der Waals surface area contributed by atoms with Gasteiger partial charge >= 0.3 is 0 Å². The SMILES string of the molecule is C[C@H]1C[C@@H](C(=O)NCC#N)N(c2ccc(Cl)c(Br)c2)C1. The number of nitrogens with zero attached hydrogens (tertiary/aromatic N) is 2. The van der Waals surface area contributed by atoms with Crippen LogP contribution >= 0.6 is 27.5 Å². The first-order chi connectivity index (χ1) is 9.52. The van der Waals surface area contributed by atoms with Gasteiger partial charge in [0.1, 0.15) is 12.6 Å². The molecular weight excluding hydrogens is 342 g/mol. The molecule has 0 aliphatic carbocycles. The van der Waals surface area contributed by atoms with Crippen molar-refractivity contribution < 1.29 is 4.79 Å². The highest BCUT2D eigenvalue weighted by molar-refractivity contribution is 9.10. The number of nitrogens with one attached hydrogen (secondary N) is 1. The number of anilines is 1. The van der Waals surface area contributed by atoms with E-state index in [1.807, 2.05) is 24.3 Å². The second kappa shape index (κ2) is 6.47. The summed E-state index contributed by atoms with van der Waals surface area (Å²) in [6.07, 6.45) is 0.789. The van der Waals surface area contributed by atoms with Crippen LogP contribution in [-0.2, 0) is 4.79 Å². The van der Waals surface area contributed by atoms with Gasteiger partial charge in [-0.2, -0.15) is 5.26 Å². The number of benzene rings is 1. The highest BCUT2D eigenvalue weighted by Gasteiger charge is 2.34. The van der Waals surface area contributed by atoms with E-state index in [2.05, 4.69) is 33.1 Å². The van der Waals surface area contributed by atoms with Crippen molar-refractivity contribution in [2.75, 3.05) is 18.0 Å². The van der Waals surface area contributed by atoms with Crippen LogP contribution < -0.4 is 10.2 Å². The van der Waals surface area contributed by atoms with Gasteiger partial charge in [-0.15, -0.1) is 0 Å². The summed E-state index contributed by atoms with van der Waals surface area (Å²) in [5, 5.41) is 11.8. The lowest BCUT2D eigenvalue weighted by Gasteiger charge is -2.26. The van der Waals surface area contributed by atoms with E-state index in [0.717, 1.165) is 23.1 Å². The Hall–Kier alpha value is -1.25. The van der Waals surface area contributed by atoms with Crippen LogP contribution in [0.25, 0.3) is 0 Å². The summed E-state index contributed by atoms with van der Waals surface area (Å²) in [6.45, 7) is 2.98. The van der Waals surface area contributed by atoms with Gasteiger partial charge in [-0.25, -0.2) is 0 Å². The van der Waals surface area contributed by atoms with Crippen molar-refractivity contribution >= 4 is 39.1 Å². The number of amides is 1. The Labute approximate surface area is 131 Å². The van der Waals surface area contributed by atoms with Crippen LogP contribution in [0.5, 0.6) is 0 Å². The van der Waals surface area contributed by atoms with Gasteiger partial charge in [-0.3, -0.25) is 4.79 Å². The van der Waals surface area contributed by atoms with Crippen LogP contribution in [0.2, 0.25) is 5.02 Å². The zero-order valence-corrected chi connectivity index (χ0v) is 13.4. The summed E-state index contributed by atoms with van der Waals surface area (Å²) in [4.78, 5) is 14.2. The zero-order chi connectivity index (χ0) is 14.7. The Kier molecular flexibility index (Phi) is 4.90. The third-order valence-electron chi connectivity index (χ3n) is 3.39. The molecule has 1 amide bonds. The van der Waals surface area contributed by atoms with Crippen molar-refractivity contribution in [3.05, 3.63) is 27.7 Å². The van der Waals surface area contributed by atoms with E-state index in [-0.39, 0.29) is 18.5 Å². The molecule has 1 heterocycles. The van der Waals surface area contributed by atoms with Gasteiger partial charge in [-0.1, -0.05) is 18.5 Å². The molecule has 0 radical (unpaired) electrons. The summed E-state index contributed by atoms with van der Waals surface area (Å²) in [6, 6.07) is 7.35. The highest BCUT2D eigenvalue weighted by Crippen LogP contribution is 2.33. The van der Waals surface area contributed by atoms with Gasteiger partial charge < -0.3 is 10.2 Å². The van der Waals surface area contributed by atoms with Crippen LogP contribution in [-0.4, -0.2) is 25.0 Å². The van der Waals surface area contributed by atoms with E-state index in [0.29, 0.717) is 10.9 Å². The third kappa shape index (κ3) is 3.25. The Morgan fingerprint density at radius 1 is 1.65 bits per heavy atom. The van der Waals surface area contributed by atoms with E-state index >= 15 is 0 Å². The molecule has 4 nitrogen and oxygen atoms in total. The van der Waals surface area contributed by atoms with Crippen molar-refractivity contribution in [2.24, 2.45) is 5.92 Å². The second-order valence-corrected chi connectivity index (χ2v) is 6.24. The average molecular weight is 357 g/mol. The summed E-state index contributed by atoms with van der Waals surface area (Å²) in [5.41, 5.74) is 0.961. The molecule has 1 aliphatic heterocycles. The molecule has 0 bridgehead atoms. The number of halogens is 2. The van der Waals surface area contributed by atoms with Gasteiger partial charge in [0.2, 0.25) is 5.91 Å². The Morgan fingerprint density at radius 3 is 3.05 bits per heavy atom. The Bertz CT molecular complexity index is 558. The van der Waals surface area contributed by atoms with Crippen molar-refractivity contribution in [1.82, 2.24) is 5.32 Å². The maximum Gasteiger partial charge on any atom is 0.243 e. The molecule has 1 saturated heterocycles. The third-order valence-corrected chi connectivity index (χ3v) is 4.60. The summed E-state index contributed by atoms with van der Waals surface area (Å²) < 4.78 is 0.812. The van der Waals surface area contributed by atoms with Crippen LogP contribution in [0.3, 0.4) is 0 Å². The first kappa shape index (κ1) is 15.1. The molecule has 6 heteroatoms. The smallest absolute Gasteiger partial charge is 0.243 e. The van der Waals surface area contributed by atoms with Gasteiger partial charge in [0.25, 0.3) is 0 Å². The van der Waals surface area contributed by atoms with Crippen molar-refractivity contribution in [3.8, 4) is 6.07 Å². The van der Waals surface area contributed by atoms with Crippen LogP contribution in [0.4, 0.5) is 5.69 Å². The molecule has 0 spiro atoms. The first-order valence-electron chi connectivity index (χ1n) is 6.39. The summed E-state index contributed by atoms with van der Waals surface area (Å²) in [7, 11) is 0. The molecule has 1 aliphatic rings. The molecule has 0 saturated carbocycles. The summed E-state index contributed by atoms with van der Waals surface area (Å²) in [5.74, 6) is 0.337. The lowest BCUT2D eigenvalue weighted by Crippen LogP contribution is -2.43. The fourth-order valence-corrected chi connectivity index (χ4v) is 2.97. The summed E-state index contributed by atoms with van der Waals surface area (Å²) >= 11 is 9.41. The van der Waals surface area contributed by atoms with E-state index < -0.39 is 0 Å². The number of rotatable bonds is 3. The van der Waals surface area contributed by atoms with E-state index in [4.69, 9.17) is 16.9 Å². The number of hydrogen-bond donors (Lipinski definition) is 1. The zero-order valence-electron chi connectivity index (χ0n) is 11.1. The molecule has 1 aromatic rings. The number of hydrogen-bond acceptors (Lipinski definition) is 3. The van der Waals surface area contributed by atoms with Crippen LogP contribution in [0.15, 0.2) is 22.7 Å².